The zero-order chi connectivity index (χ0) is 15.7. The fourth-order valence-corrected chi connectivity index (χ4v) is 2.06. The van der Waals surface area contributed by atoms with E-state index in [2.05, 4.69) is 25.8 Å². The minimum Gasteiger partial charge on any atom is -0.359 e. The van der Waals surface area contributed by atoms with E-state index in [0.29, 0.717) is 28.9 Å². The third-order valence-corrected chi connectivity index (χ3v) is 3.37. The van der Waals surface area contributed by atoms with Gasteiger partial charge in [-0.05, 0) is 19.8 Å². The molecule has 2 aromatic rings. The van der Waals surface area contributed by atoms with Gasteiger partial charge in [-0.15, -0.1) is 0 Å². The van der Waals surface area contributed by atoms with Gasteiger partial charge in [0.25, 0.3) is 0 Å². The van der Waals surface area contributed by atoms with Gasteiger partial charge in [0, 0.05) is 20.0 Å². The van der Waals surface area contributed by atoms with E-state index in [9.17, 15) is 4.79 Å². The molecule has 0 aliphatic heterocycles. The molecule has 2 aromatic heterocycles. The molecule has 1 saturated carbocycles. The Morgan fingerprint density at radius 1 is 1.27 bits per heavy atom. The van der Waals surface area contributed by atoms with Gasteiger partial charge in [0.2, 0.25) is 5.95 Å². The van der Waals surface area contributed by atoms with Gasteiger partial charge in [-0.1, -0.05) is 5.16 Å². The SMILES string of the molecule is Cc1noc(C2CC2)c1NC(=O)Nc1cnc(N(C)C)nc1. The number of rotatable bonds is 4. The molecule has 0 bridgehead atoms. The number of nitrogens with one attached hydrogen (secondary N) is 2. The molecule has 0 spiro atoms. The first-order valence-electron chi connectivity index (χ1n) is 7.08. The number of aryl methyl sites for hydroxylation is 1. The molecule has 0 atom stereocenters. The molecule has 0 aromatic carbocycles. The summed E-state index contributed by atoms with van der Waals surface area (Å²) >= 11 is 0. The minimum atomic E-state index is -0.366. The molecule has 22 heavy (non-hydrogen) atoms. The van der Waals surface area contributed by atoms with Gasteiger partial charge in [0.15, 0.2) is 5.76 Å². The van der Waals surface area contributed by atoms with Gasteiger partial charge in [0.1, 0.15) is 11.4 Å². The van der Waals surface area contributed by atoms with Crippen LogP contribution in [0, 0.1) is 6.92 Å². The molecule has 0 saturated heterocycles. The molecule has 3 rings (SSSR count). The Labute approximate surface area is 127 Å². The number of hydrogen-bond acceptors (Lipinski definition) is 6. The van der Waals surface area contributed by atoms with Crippen LogP contribution in [0.2, 0.25) is 0 Å². The average Bonchev–Trinajstić information content (AvgIpc) is 3.26. The number of aromatic nitrogens is 3. The lowest BCUT2D eigenvalue weighted by atomic mass is 10.2. The number of nitrogens with zero attached hydrogens (tertiary/aromatic N) is 4. The summed E-state index contributed by atoms with van der Waals surface area (Å²) in [5.74, 6) is 1.71. The quantitative estimate of drug-likeness (QED) is 0.900. The van der Waals surface area contributed by atoms with Crippen LogP contribution in [-0.4, -0.2) is 35.3 Å². The zero-order valence-electron chi connectivity index (χ0n) is 12.8. The lowest BCUT2D eigenvalue weighted by Gasteiger charge is -2.11. The third kappa shape index (κ3) is 3.00. The first-order valence-corrected chi connectivity index (χ1v) is 7.08. The fraction of sp³-hybridized carbons (Fsp3) is 0.429. The minimum absolute atomic E-state index is 0.366. The molecule has 2 amide bonds. The number of anilines is 3. The second-order valence-electron chi connectivity index (χ2n) is 5.53. The van der Waals surface area contributed by atoms with Crippen LogP contribution in [0.1, 0.15) is 30.2 Å². The summed E-state index contributed by atoms with van der Waals surface area (Å²) < 4.78 is 5.29. The van der Waals surface area contributed by atoms with Crippen LogP contribution >= 0.6 is 0 Å². The van der Waals surface area contributed by atoms with Crippen molar-refractivity contribution >= 4 is 23.4 Å². The first-order chi connectivity index (χ1) is 10.5. The molecular formula is C14H18N6O2. The summed E-state index contributed by atoms with van der Waals surface area (Å²) in [6.45, 7) is 1.81. The highest BCUT2D eigenvalue weighted by Gasteiger charge is 2.32. The van der Waals surface area contributed by atoms with Crippen molar-refractivity contribution in [2.75, 3.05) is 29.6 Å². The van der Waals surface area contributed by atoms with E-state index in [1.807, 2.05) is 14.1 Å². The van der Waals surface area contributed by atoms with Crippen molar-refractivity contribution in [3.05, 3.63) is 23.8 Å². The maximum atomic E-state index is 12.1. The second-order valence-corrected chi connectivity index (χ2v) is 5.53. The van der Waals surface area contributed by atoms with E-state index < -0.39 is 0 Å². The van der Waals surface area contributed by atoms with Crippen LogP contribution in [0.15, 0.2) is 16.9 Å². The van der Waals surface area contributed by atoms with Crippen LogP contribution in [0.3, 0.4) is 0 Å². The maximum absolute atomic E-state index is 12.1. The summed E-state index contributed by atoms with van der Waals surface area (Å²) in [5, 5.41) is 9.41. The molecule has 0 unspecified atom stereocenters. The van der Waals surface area contributed by atoms with Crippen molar-refractivity contribution in [3.63, 3.8) is 0 Å². The smallest absolute Gasteiger partial charge is 0.323 e. The number of urea groups is 1. The zero-order valence-corrected chi connectivity index (χ0v) is 12.8. The van der Waals surface area contributed by atoms with Gasteiger partial charge in [-0.2, -0.15) is 0 Å². The molecule has 2 N–H and O–H groups in total. The third-order valence-electron chi connectivity index (χ3n) is 3.37. The van der Waals surface area contributed by atoms with Gasteiger partial charge >= 0.3 is 6.03 Å². The van der Waals surface area contributed by atoms with Crippen LogP contribution < -0.4 is 15.5 Å². The second kappa shape index (κ2) is 5.63. The number of carbonyl (C=O) groups excluding carboxylic acids is 1. The van der Waals surface area contributed by atoms with E-state index in [-0.39, 0.29) is 6.03 Å². The number of carbonyl (C=O) groups is 1. The topological polar surface area (TPSA) is 96.2 Å². The van der Waals surface area contributed by atoms with Crippen LogP contribution in [0.4, 0.5) is 22.1 Å². The maximum Gasteiger partial charge on any atom is 0.323 e. The predicted octanol–water partition coefficient (Wildman–Crippen LogP) is 2.36. The van der Waals surface area contributed by atoms with Gasteiger partial charge in [0.05, 0.1) is 18.1 Å². The lowest BCUT2D eigenvalue weighted by molar-refractivity contribution is 0.262. The van der Waals surface area contributed by atoms with Crippen molar-refractivity contribution < 1.29 is 9.32 Å². The Kier molecular flexibility index (Phi) is 3.66. The Hall–Kier alpha value is -2.64. The summed E-state index contributed by atoms with van der Waals surface area (Å²) in [6.07, 6.45) is 5.27. The van der Waals surface area contributed by atoms with Crippen molar-refractivity contribution in [3.8, 4) is 0 Å². The highest BCUT2D eigenvalue weighted by atomic mass is 16.5. The largest absolute Gasteiger partial charge is 0.359 e. The van der Waals surface area contributed by atoms with E-state index in [0.717, 1.165) is 18.6 Å². The Morgan fingerprint density at radius 3 is 2.55 bits per heavy atom. The van der Waals surface area contributed by atoms with Crippen molar-refractivity contribution in [1.82, 2.24) is 15.1 Å². The fourth-order valence-electron chi connectivity index (χ4n) is 2.06. The normalized spacial score (nSPS) is 13.8. The highest BCUT2D eigenvalue weighted by molar-refractivity contribution is 6.00. The van der Waals surface area contributed by atoms with Crippen molar-refractivity contribution in [2.24, 2.45) is 0 Å². The van der Waals surface area contributed by atoms with Crippen LogP contribution in [-0.2, 0) is 0 Å². The van der Waals surface area contributed by atoms with E-state index in [1.54, 1.807) is 24.2 Å². The van der Waals surface area contributed by atoms with Crippen LogP contribution in [0.25, 0.3) is 0 Å². The lowest BCUT2D eigenvalue weighted by Crippen LogP contribution is -2.21. The molecule has 1 aliphatic rings. The van der Waals surface area contributed by atoms with E-state index in [1.165, 1.54) is 0 Å². The molecule has 2 heterocycles. The molecular weight excluding hydrogens is 284 g/mol. The molecule has 0 radical (unpaired) electrons. The molecule has 1 fully saturated rings. The average molecular weight is 302 g/mol. The van der Waals surface area contributed by atoms with E-state index in [4.69, 9.17) is 4.52 Å². The summed E-state index contributed by atoms with van der Waals surface area (Å²) in [4.78, 5) is 22.2. The standard InChI is InChI=1S/C14H18N6O2/c1-8-11(12(22-19-8)9-4-5-9)18-14(21)17-10-6-15-13(16-7-10)20(2)3/h6-7,9H,4-5H2,1-3H3,(H2,17,18,21). The highest BCUT2D eigenvalue weighted by Crippen LogP contribution is 2.44. The number of hydrogen-bond donors (Lipinski definition) is 2. The summed E-state index contributed by atoms with van der Waals surface area (Å²) in [5.41, 5.74) is 1.85. The van der Waals surface area contributed by atoms with Gasteiger partial charge in [-0.25, -0.2) is 14.8 Å². The Bertz CT molecular complexity index is 675. The van der Waals surface area contributed by atoms with Gasteiger partial charge in [-0.3, -0.25) is 0 Å². The summed E-state index contributed by atoms with van der Waals surface area (Å²) in [7, 11) is 3.70. The molecule has 8 nitrogen and oxygen atoms in total. The molecule has 116 valence electrons. The van der Waals surface area contributed by atoms with Crippen molar-refractivity contribution in [1.29, 1.82) is 0 Å². The Morgan fingerprint density at radius 2 is 1.95 bits per heavy atom. The summed E-state index contributed by atoms with van der Waals surface area (Å²) in [6, 6.07) is -0.366. The number of amides is 2. The first kappa shape index (κ1) is 14.3. The van der Waals surface area contributed by atoms with Crippen LogP contribution in [0.5, 0.6) is 0 Å². The molecule has 1 aliphatic carbocycles. The van der Waals surface area contributed by atoms with Gasteiger partial charge < -0.3 is 20.1 Å². The predicted molar refractivity (Wildman–Crippen MR) is 82.2 cm³/mol. The van der Waals surface area contributed by atoms with Crippen molar-refractivity contribution in [2.45, 2.75) is 25.7 Å². The monoisotopic (exact) mass is 302 g/mol. The van der Waals surface area contributed by atoms with E-state index >= 15 is 0 Å². The molecule has 8 heteroatoms. The Balaban J connectivity index is 1.66.